The minimum Gasteiger partial charge on any atom is -0.313 e. The number of nitrogens with zero attached hydrogens (tertiary/aromatic N) is 1. The van der Waals surface area contributed by atoms with Crippen LogP contribution in [0.15, 0.2) is 48.5 Å². The van der Waals surface area contributed by atoms with Crippen LogP contribution in [0.3, 0.4) is 0 Å². The first-order valence-corrected chi connectivity index (χ1v) is 6.03. The minimum atomic E-state index is 0.284. The third-order valence-electron chi connectivity index (χ3n) is 3.16. The molecule has 0 spiro atoms. The van der Waals surface area contributed by atoms with Crippen molar-refractivity contribution < 1.29 is 0 Å². The molecule has 1 atom stereocenters. The highest BCUT2D eigenvalue weighted by Gasteiger charge is 2.09. The first-order valence-electron chi connectivity index (χ1n) is 6.03. The summed E-state index contributed by atoms with van der Waals surface area (Å²) in [6.07, 6.45) is 0. The largest absolute Gasteiger partial charge is 0.313 e. The second kappa shape index (κ2) is 5.48. The number of hydrogen-bond acceptors (Lipinski definition) is 2. The van der Waals surface area contributed by atoms with Gasteiger partial charge in [0.1, 0.15) is 0 Å². The summed E-state index contributed by atoms with van der Waals surface area (Å²) in [5.41, 5.74) is 4.21. The van der Waals surface area contributed by atoms with Crippen molar-refractivity contribution in [1.82, 2.24) is 5.32 Å². The van der Waals surface area contributed by atoms with Gasteiger partial charge in [0, 0.05) is 6.04 Å². The van der Waals surface area contributed by atoms with E-state index in [1.54, 1.807) is 0 Å². The molecule has 0 heterocycles. The fraction of sp³-hybridized carbons (Fsp3) is 0.188. The third kappa shape index (κ3) is 2.42. The van der Waals surface area contributed by atoms with E-state index < -0.39 is 0 Å². The molecule has 90 valence electrons. The lowest BCUT2D eigenvalue weighted by atomic mass is 9.95. The predicted molar refractivity (Wildman–Crippen MR) is 74.1 cm³/mol. The molecule has 2 rings (SSSR count). The Morgan fingerprint density at radius 3 is 2.61 bits per heavy atom. The molecular formula is C16H16N2. The molecule has 0 radical (unpaired) electrons. The summed E-state index contributed by atoms with van der Waals surface area (Å²) in [7, 11) is 1.95. The lowest BCUT2D eigenvalue weighted by Crippen LogP contribution is -2.13. The van der Waals surface area contributed by atoms with Crippen molar-refractivity contribution >= 4 is 0 Å². The first kappa shape index (κ1) is 12.3. The van der Waals surface area contributed by atoms with Gasteiger partial charge in [0.2, 0.25) is 0 Å². The van der Waals surface area contributed by atoms with Gasteiger partial charge in [-0.2, -0.15) is 5.26 Å². The molecule has 0 aliphatic carbocycles. The molecule has 18 heavy (non-hydrogen) atoms. The van der Waals surface area contributed by atoms with Crippen molar-refractivity contribution in [2.24, 2.45) is 0 Å². The fourth-order valence-electron chi connectivity index (χ4n) is 2.05. The fourth-order valence-corrected chi connectivity index (χ4v) is 2.05. The molecule has 1 N–H and O–H groups in total. The molecule has 2 nitrogen and oxygen atoms in total. The lowest BCUT2D eigenvalue weighted by molar-refractivity contribution is 0.654. The van der Waals surface area contributed by atoms with Crippen LogP contribution >= 0.6 is 0 Å². The molecule has 0 bridgehead atoms. The van der Waals surface area contributed by atoms with Gasteiger partial charge in [0.15, 0.2) is 0 Å². The van der Waals surface area contributed by atoms with E-state index in [4.69, 9.17) is 5.26 Å². The zero-order valence-corrected chi connectivity index (χ0v) is 10.6. The highest BCUT2D eigenvalue weighted by Crippen LogP contribution is 2.28. The van der Waals surface area contributed by atoms with E-state index in [1.807, 2.05) is 43.4 Å². The summed E-state index contributed by atoms with van der Waals surface area (Å²) in [5, 5.41) is 12.2. The van der Waals surface area contributed by atoms with Crippen LogP contribution in [0.25, 0.3) is 11.1 Å². The maximum absolute atomic E-state index is 8.97. The van der Waals surface area contributed by atoms with Crippen LogP contribution in [0.4, 0.5) is 0 Å². The lowest BCUT2D eigenvalue weighted by Gasteiger charge is -2.16. The van der Waals surface area contributed by atoms with Crippen molar-refractivity contribution in [3.63, 3.8) is 0 Å². The molecule has 2 aromatic rings. The predicted octanol–water partition coefficient (Wildman–Crippen LogP) is 3.51. The number of hydrogen-bond donors (Lipinski definition) is 1. The smallest absolute Gasteiger partial charge is 0.0991 e. The Labute approximate surface area is 108 Å². The molecule has 0 saturated heterocycles. The second-order valence-corrected chi connectivity index (χ2v) is 4.29. The summed E-state index contributed by atoms with van der Waals surface area (Å²) in [6.45, 7) is 2.13. The Kier molecular flexibility index (Phi) is 3.76. The maximum atomic E-state index is 8.97. The zero-order chi connectivity index (χ0) is 13.0. The molecule has 0 fully saturated rings. The van der Waals surface area contributed by atoms with E-state index in [2.05, 4.69) is 30.4 Å². The van der Waals surface area contributed by atoms with Crippen LogP contribution in [0, 0.1) is 11.3 Å². The Morgan fingerprint density at radius 1 is 1.11 bits per heavy atom. The summed E-state index contributed by atoms with van der Waals surface area (Å²) in [4.78, 5) is 0. The van der Waals surface area contributed by atoms with E-state index >= 15 is 0 Å². The van der Waals surface area contributed by atoms with Crippen molar-refractivity contribution in [2.45, 2.75) is 13.0 Å². The number of rotatable bonds is 3. The molecule has 0 aliphatic rings. The SMILES string of the molecule is CNC(C)c1ccccc1-c1cccc(C#N)c1. The highest BCUT2D eigenvalue weighted by molar-refractivity contribution is 5.69. The van der Waals surface area contributed by atoms with Gasteiger partial charge >= 0.3 is 0 Å². The van der Waals surface area contributed by atoms with Crippen molar-refractivity contribution in [3.05, 3.63) is 59.7 Å². The third-order valence-corrected chi connectivity index (χ3v) is 3.16. The van der Waals surface area contributed by atoms with Gasteiger partial charge in [-0.25, -0.2) is 0 Å². The van der Waals surface area contributed by atoms with E-state index in [1.165, 1.54) is 11.1 Å². The monoisotopic (exact) mass is 236 g/mol. The Morgan fingerprint density at radius 2 is 1.89 bits per heavy atom. The zero-order valence-electron chi connectivity index (χ0n) is 10.6. The molecule has 0 aromatic heterocycles. The van der Waals surface area contributed by atoms with Gasteiger partial charge in [-0.05, 0) is 42.8 Å². The van der Waals surface area contributed by atoms with Crippen molar-refractivity contribution in [2.75, 3.05) is 7.05 Å². The minimum absolute atomic E-state index is 0.284. The summed E-state index contributed by atoms with van der Waals surface area (Å²) in [6, 6.07) is 18.5. The van der Waals surface area contributed by atoms with E-state index in [0.29, 0.717) is 5.56 Å². The van der Waals surface area contributed by atoms with Gasteiger partial charge in [-0.3, -0.25) is 0 Å². The van der Waals surface area contributed by atoms with Crippen LogP contribution in [-0.4, -0.2) is 7.05 Å². The van der Waals surface area contributed by atoms with Gasteiger partial charge in [-0.1, -0.05) is 36.4 Å². The Balaban J connectivity index is 2.53. The van der Waals surface area contributed by atoms with Gasteiger partial charge in [0.25, 0.3) is 0 Å². The van der Waals surface area contributed by atoms with Crippen LogP contribution in [0.1, 0.15) is 24.1 Å². The molecule has 0 aliphatic heterocycles. The normalized spacial score (nSPS) is 11.8. The van der Waals surface area contributed by atoms with Crippen LogP contribution < -0.4 is 5.32 Å². The van der Waals surface area contributed by atoms with E-state index in [9.17, 15) is 0 Å². The highest BCUT2D eigenvalue weighted by atomic mass is 14.9. The van der Waals surface area contributed by atoms with Gasteiger partial charge in [-0.15, -0.1) is 0 Å². The summed E-state index contributed by atoms with van der Waals surface area (Å²) in [5.74, 6) is 0. The van der Waals surface area contributed by atoms with Crippen LogP contribution in [-0.2, 0) is 0 Å². The standard InChI is InChI=1S/C16H16N2/c1-12(18-2)15-8-3-4-9-16(15)14-7-5-6-13(10-14)11-17/h3-10,12,18H,1-2H3. The second-order valence-electron chi connectivity index (χ2n) is 4.29. The van der Waals surface area contributed by atoms with Crippen LogP contribution in [0.5, 0.6) is 0 Å². The van der Waals surface area contributed by atoms with Crippen molar-refractivity contribution in [3.8, 4) is 17.2 Å². The first-order chi connectivity index (χ1) is 8.76. The van der Waals surface area contributed by atoms with E-state index in [0.717, 1.165) is 5.56 Å². The van der Waals surface area contributed by atoms with Gasteiger partial charge in [0.05, 0.1) is 11.6 Å². The Hall–Kier alpha value is -2.11. The molecule has 1 unspecified atom stereocenters. The Bertz CT molecular complexity index is 582. The molecule has 2 aromatic carbocycles. The number of nitriles is 1. The quantitative estimate of drug-likeness (QED) is 0.885. The number of benzene rings is 2. The van der Waals surface area contributed by atoms with Gasteiger partial charge < -0.3 is 5.32 Å². The summed E-state index contributed by atoms with van der Waals surface area (Å²) < 4.78 is 0. The summed E-state index contributed by atoms with van der Waals surface area (Å²) >= 11 is 0. The molecule has 0 amide bonds. The maximum Gasteiger partial charge on any atom is 0.0991 e. The molecule has 0 saturated carbocycles. The average molecular weight is 236 g/mol. The van der Waals surface area contributed by atoms with Crippen molar-refractivity contribution in [1.29, 1.82) is 5.26 Å². The topological polar surface area (TPSA) is 35.8 Å². The average Bonchev–Trinajstić information content (AvgIpc) is 2.46. The van der Waals surface area contributed by atoms with Crippen LogP contribution in [0.2, 0.25) is 0 Å². The molecule has 2 heteroatoms. The van der Waals surface area contributed by atoms with E-state index in [-0.39, 0.29) is 6.04 Å². The number of nitrogens with one attached hydrogen (secondary N) is 1. The molecular weight excluding hydrogens is 220 g/mol.